The van der Waals surface area contributed by atoms with Gasteiger partial charge in [0.25, 0.3) is 0 Å². The number of rotatable bonds is 3. The van der Waals surface area contributed by atoms with Crippen molar-refractivity contribution in [2.75, 3.05) is 13.7 Å². The molecule has 1 saturated carbocycles. The molecule has 1 aromatic rings. The Morgan fingerprint density at radius 2 is 2.32 bits per heavy atom. The first kappa shape index (κ1) is 12.5. The van der Waals surface area contributed by atoms with Crippen LogP contribution >= 0.6 is 11.6 Å². The number of ether oxygens (including phenoxy) is 2. The van der Waals surface area contributed by atoms with E-state index >= 15 is 0 Å². The Labute approximate surface area is 116 Å². The fraction of sp³-hybridized carbons (Fsp3) is 0.500. The molecule has 0 bridgehead atoms. The molecule has 0 N–H and O–H groups in total. The topological polar surface area (TPSA) is 47.9 Å². The second kappa shape index (κ2) is 4.55. The Morgan fingerprint density at radius 3 is 2.89 bits per heavy atom. The molecule has 2 aliphatic rings. The molecule has 1 aromatic carbocycles. The molecule has 1 aliphatic carbocycles. The van der Waals surface area contributed by atoms with Gasteiger partial charge in [0.05, 0.1) is 24.3 Å². The van der Waals surface area contributed by atoms with Crippen LogP contribution in [0.1, 0.15) is 30.4 Å². The number of aliphatic imine (C=N–C) groups is 1. The maximum absolute atomic E-state index is 10.7. The second-order valence-electron chi connectivity index (χ2n) is 4.93. The Balaban J connectivity index is 2.19. The number of isocyanates is 1. The fourth-order valence-corrected chi connectivity index (χ4v) is 3.25. The van der Waals surface area contributed by atoms with Gasteiger partial charge in [-0.15, -0.1) is 0 Å². The monoisotopic (exact) mass is 279 g/mol. The standard InChI is InChI=1S/C14H14ClNO3/c1-18-11-7-10(14(16-8-17)4-2-5-14)12(15)9-3-6-19-13(9)11/h7H,2-6H2,1H3. The smallest absolute Gasteiger partial charge is 0.235 e. The van der Waals surface area contributed by atoms with Crippen molar-refractivity contribution in [2.45, 2.75) is 31.2 Å². The Hall–Kier alpha value is -1.51. The zero-order chi connectivity index (χ0) is 13.5. The molecule has 1 heterocycles. The summed E-state index contributed by atoms with van der Waals surface area (Å²) in [6.45, 7) is 0.610. The average molecular weight is 280 g/mol. The van der Waals surface area contributed by atoms with E-state index < -0.39 is 5.54 Å². The van der Waals surface area contributed by atoms with Crippen LogP contribution < -0.4 is 9.47 Å². The Bertz CT molecular complexity index is 575. The zero-order valence-electron chi connectivity index (χ0n) is 10.7. The lowest BCUT2D eigenvalue weighted by Gasteiger charge is -2.38. The summed E-state index contributed by atoms with van der Waals surface area (Å²) in [7, 11) is 1.60. The van der Waals surface area contributed by atoms with Gasteiger partial charge in [-0.05, 0) is 25.3 Å². The molecule has 0 amide bonds. The van der Waals surface area contributed by atoms with Crippen LogP contribution in [-0.2, 0) is 16.8 Å². The third kappa shape index (κ3) is 1.75. The van der Waals surface area contributed by atoms with Crippen molar-refractivity contribution in [3.05, 3.63) is 22.2 Å². The van der Waals surface area contributed by atoms with Crippen molar-refractivity contribution in [3.8, 4) is 11.5 Å². The predicted octanol–water partition coefficient (Wildman–Crippen LogP) is 3.00. The SMILES string of the molecule is COc1cc(C2(N=C=O)CCC2)c(Cl)c2c1OCC2. The summed E-state index contributed by atoms with van der Waals surface area (Å²) in [4.78, 5) is 14.7. The van der Waals surface area contributed by atoms with E-state index in [0.29, 0.717) is 17.4 Å². The molecule has 3 rings (SSSR count). The van der Waals surface area contributed by atoms with Crippen LogP contribution in [0.2, 0.25) is 5.02 Å². The van der Waals surface area contributed by atoms with E-state index in [1.54, 1.807) is 13.2 Å². The minimum atomic E-state index is -0.510. The highest BCUT2D eigenvalue weighted by Crippen LogP contribution is 2.52. The highest BCUT2D eigenvalue weighted by atomic mass is 35.5. The number of hydrogen-bond acceptors (Lipinski definition) is 4. The summed E-state index contributed by atoms with van der Waals surface area (Å²) in [5.74, 6) is 1.39. The molecule has 5 heteroatoms. The predicted molar refractivity (Wildman–Crippen MR) is 70.9 cm³/mol. The van der Waals surface area contributed by atoms with Crippen LogP contribution in [0.5, 0.6) is 11.5 Å². The largest absolute Gasteiger partial charge is 0.493 e. The molecule has 1 fully saturated rings. The number of hydrogen-bond donors (Lipinski definition) is 0. The number of nitrogens with zero attached hydrogens (tertiary/aromatic N) is 1. The van der Waals surface area contributed by atoms with Gasteiger partial charge in [-0.3, -0.25) is 0 Å². The van der Waals surface area contributed by atoms with Crippen LogP contribution in [0, 0.1) is 0 Å². The molecule has 0 unspecified atom stereocenters. The number of carbonyl (C=O) groups excluding carboxylic acids is 1. The van der Waals surface area contributed by atoms with E-state index in [-0.39, 0.29) is 0 Å². The highest BCUT2D eigenvalue weighted by molar-refractivity contribution is 6.32. The first-order valence-electron chi connectivity index (χ1n) is 6.33. The van der Waals surface area contributed by atoms with Crippen molar-refractivity contribution >= 4 is 17.7 Å². The van der Waals surface area contributed by atoms with Crippen LogP contribution in [0.4, 0.5) is 0 Å². The van der Waals surface area contributed by atoms with Crippen molar-refractivity contribution in [1.82, 2.24) is 0 Å². The van der Waals surface area contributed by atoms with Gasteiger partial charge in [0.1, 0.15) is 0 Å². The lowest BCUT2D eigenvalue weighted by molar-refractivity contribution is 0.254. The van der Waals surface area contributed by atoms with Gasteiger partial charge in [-0.25, -0.2) is 4.79 Å². The number of methoxy groups -OCH3 is 1. The molecule has 0 spiro atoms. The lowest BCUT2D eigenvalue weighted by Crippen LogP contribution is -2.32. The molecule has 1 aliphatic heterocycles. The molecule has 0 radical (unpaired) electrons. The van der Waals surface area contributed by atoms with Crippen molar-refractivity contribution in [1.29, 1.82) is 0 Å². The summed E-state index contributed by atoms with van der Waals surface area (Å²) in [6.07, 6.45) is 5.14. The van der Waals surface area contributed by atoms with E-state index in [9.17, 15) is 4.79 Å². The van der Waals surface area contributed by atoms with Crippen LogP contribution in [0.15, 0.2) is 11.1 Å². The first-order chi connectivity index (χ1) is 9.22. The molecular weight excluding hydrogens is 266 g/mol. The first-order valence-corrected chi connectivity index (χ1v) is 6.71. The summed E-state index contributed by atoms with van der Waals surface area (Å²) < 4.78 is 10.9. The van der Waals surface area contributed by atoms with E-state index in [1.165, 1.54) is 0 Å². The van der Waals surface area contributed by atoms with Crippen LogP contribution in [-0.4, -0.2) is 19.8 Å². The van der Waals surface area contributed by atoms with Gasteiger partial charge in [0.15, 0.2) is 11.5 Å². The minimum absolute atomic E-state index is 0.510. The molecule has 100 valence electrons. The number of halogens is 1. The quantitative estimate of drug-likeness (QED) is 0.631. The Kier molecular flexibility index (Phi) is 3.00. The molecule has 0 saturated heterocycles. The molecule has 4 nitrogen and oxygen atoms in total. The highest BCUT2D eigenvalue weighted by Gasteiger charge is 2.42. The zero-order valence-corrected chi connectivity index (χ0v) is 11.4. The second-order valence-corrected chi connectivity index (χ2v) is 5.31. The van der Waals surface area contributed by atoms with Gasteiger partial charge in [0.2, 0.25) is 6.08 Å². The van der Waals surface area contributed by atoms with Crippen molar-refractivity contribution < 1.29 is 14.3 Å². The molecule has 0 atom stereocenters. The summed E-state index contributed by atoms with van der Waals surface area (Å²) in [5, 5.41) is 0.659. The van der Waals surface area contributed by atoms with E-state index in [0.717, 1.165) is 42.6 Å². The third-order valence-corrected chi connectivity index (χ3v) is 4.47. The maximum atomic E-state index is 10.7. The summed E-state index contributed by atoms with van der Waals surface area (Å²) in [6, 6.07) is 1.85. The summed E-state index contributed by atoms with van der Waals surface area (Å²) >= 11 is 6.49. The van der Waals surface area contributed by atoms with Crippen molar-refractivity contribution in [2.24, 2.45) is 4.99 Å². The van der Waals surface area contributed by atoms with E-state index in [2.05, 4.69) is 4.99 Å². The molecule has 19 heavy (non-hydrogen) atoms. The molecule has 0 aromatic heterocycles. The summed E-state index contributed by atoms with van der Waals surface area (Å²) in [5.41, 5.74) is 1.32. The number of benzene rings is 1. The van der Waals surface area contributed by atoms with Gasteiger partial charge in [0, 0.05) is 17.5 Å². The van der Waals surface area contributed by atoms with Crippen LogP contribution in [0.25, 0.3) is 0 Å². The Morgan fingerprint density at radius 1 is 1.53 bits per heavy atom. The van der Waals surface area contributed by atoms with Crippen molar-refractivity contribution in [3.63, 3.8) is 0 Å². The lowest BCUT2D eigenvalue weighted by atomic mass is 9.72. The van der Waals surface area contributed by atoms with Gasteiger partial charge in [-0.2, -0.15) is 4.99 Å². The minimum Gasteiger partial charge on any atom is -0.493 e. The fourth-order valence-electron chi connectivity index (χ4n) is 2.84. The normalized spacial score (nSPS) is 18.8. The molecular formula is C14H14ClNO3. The van der Waals surface area contributed by atoms with Gasteiger partial charge >= 0.3 is 0 Å². The number of fused-ring (bicyclic) bond motifs is 1. The third-order valence-electron chi connectivity index (χ3n) is 4.03. The van der Waals surface area contributed by atoms with E-state index in [4.69, 9.17) is 21.1 Å². The van der Waals surface area contributed by atoms with Crippen LogP contribution in [0.3, 0.4) is 0 Å². The maximum Gasteiger partial charge on any atom is 0.235 e. The van der Waals surface area contributed by atoms with Gasteiger partial charge in [-0.1, -0.05) is 11.6 Å². The average Bonchev–Trinajstić information content (AvgIpc) is 2.85. The van der Waals surface area contributed by atoms with Gasteiger partial charge < -0.3 is 9.47 Å². The van der Waals surface area contributed by atoms with E-state index in [1.807, 2.05) is 6.07 Å².